The quantitative estimate of drug-likeness (QED) is 0.447. The van der Waals surface area contributed by atoms with E-state index in [0.717, 1.165) is 9.79 Å². The highest BCUT2D eigenvalue weighted by atomic mass is 32.2. The fraction of sp³-hybridized carbons (Fsp3) is 0.192. The van der Waals surface area contributed by atoms with E-state index in [1.54, 1.807) is 50.2 Å². The number of amides is 2. The third kappa shape index (κ3) is 7.22. The predicted molar refractivity (Wildman–Crippen MR) is 129 cm³/mol. The van der Waals surface area contributed by atoms with E-state index >= 15 is 0 Å². The molecule has 7 heteroatoms. The monoisotopic (exact) mass is 462 g/mol. The van der Waals surface area contributed by atoms with Crippen LogP contribution in [0.15, 0.2) is 94.7 Å². The number of esters is 1. The maximum absolute atomic E-state index is 12.6. The van der Waals surface area contributed by atoms with Crippen molar-refractivity contribution in [2.45, 2.75) is 29.7 Å². The van der Waals surface area contributed by atoms with Gasteiger partial charge in [0.2, 0.25) is 0 Å². The van der Waals surface area contributed by atoms with Crippen LogP contribution in [0.4, 0.5) is 5.69 Å². The van der Waals surface area contributed by atoms with Gasteiger partial charge in [-0.05, 0) is 42.3 Å². The van der Waals surface area contributed by atoms with Gasteiger partial charge in [-0.3, -0.25) is 9.59 Å². The van der Waals surface area contributed by atoms with Crippen LogP contribution in [0, 0.1) is 5.92 Å². The number of nitrogens with one attached hydrogen (secondary N) is 2. The fourth-order valence-electron chi connectivity index (χ4n) is 3.00. The van der Waals surface area contributed by atoms with E-state index in [2.05, 4.69) is 10.6 Å². The second kappa shape index (κ2) is 11.9. The smallest absolute Gasteiger partial charge is 0.329 e. The number of carbonyl (C=O) groups excluding carboxylic acids is 3. The third-order valence-corrected chi connectivity index (χ3v) is 5.80. The molecule has 0 saturated heterocycles. The van der Waals surface area contributed by atoms with E-state index in [1.165, 1.54) is 11.8 Å². The van der Waals surface area contributed by atoms with Crippen molar-refractivity contribution in [2.75, 3.05) is 11.9 Å². The molecule has 0 heterocycles. The first-order valence-corrected chi connectivity index (χ1v) is 11.4. The Morgan fingerprint density at radius 3 is 2.12 bits per heavy atom. The molecule has 0 aliphatic carbocycles. The molecule has 0 saturated carbocycles. The lowest BCUT2D eigenvalue weighted by atomic mass is 10.0. The summed E-state index contributed by atoms with van der Waals surface area (Å²) in [6.45, 7) is 3.15. The maximum atomic E-state index is 12.6. The second-order valence-electron chi connectivity index (χ2n) is 7.63. The van der Waals surface area contributed by atoms with Gasteiger partial charge in [-0.15, -0.1) is 0 Å². The molecule has 2 amide bonds. The lowest BCUT2D eigenvalue weighted by molar-refractivity contribution is -0.150. The Morgan fingerprint density at radius 2 is 1.45 bits per heavy atom. The summed E-state index contributed by atoms with van der Waals surface area (Å²) < 4.78 is 5.22. The average molecular weight is 463 g/mol. The zero-order valence-corrected chi connectivity index (χ0v) is 19.3. The number of hydrogen-bond acceptors (Lipinski definition) is 5. The zero-order chi connectivity index (χ0) is 23.6. The van der Waals surface area contributed by atoms with Crippen LogP contribution in [0.5, 0.6) is 0 Å². The summed E-state index contributed by atoms with van der Waals surface area (Å²) in [4.78, 5) is 39.4. The molecule has 0 unspecified atom stereocenters. The Morgan fingerprint density at radius 1 is 0.848 bits per heavy atom. The van der Waals surface area contributed by atoms with Gasteiger partial charge in [-0.1, -0.05) is 74.1 Å². The number of ether oxygens (including phenoxy) is 1. The van der Waals surface area contributed by atoms with Crippen molar-refractivity contribution in [1.29, 1.82) is 0 Å². The molecule has 2 N–H and O–H groups in total. The summed E-state index contributed by atoms with van der Waals surface area (Å²) in [5, 5.41) is 5.49. The van der Waals surface area contributed by atoms with Crippen LogP contribution in [0.2, 0.25) is 0 Å². The summed E-state index contributed by atoms with van der Waals surface area (Å²) in [5.74, 6) is -1.70. The standard InChI is InChI=1S/C26H26N2O4S/c1-18(2)24(28-25(30)19-11-5-3-6-12-19)26(31)32-17-23(29)27-21-15-9-10-16-22(21)33-20-13-7-4-8-14-20/h3-16,18,24H,17H2,1-2H3,(H,27,29)(H,28,30)/t24-/m0/s1. The molecule has 3 aromatic carbocycles. The number of benzene rings is 3. The maximum Gasteiger partial charge on any atom is 0.329 e. The zero-order valence-electron chi connectivity index (χ0n) is 18.5. The first-order chi connectivity index (χ1) is 15.9. The van der Waals surface area contributed by atoms with Gasteiger partial charge in [0.1, 0.15) is 6.04 Å². The van der Waals surface area contributed by atoms with Gasteiger partial charge in [-0.2, -0.15) is 0 Å². The molecule has 33 heavy (non-hydrogen) atoms. The largest absolute Gasteiger partial charge is 0.454 e. The molecule has 0 bridgehead atoms. The van der Waals surface area contributed by atoms with Crippen LogP contribution in [0.3, 0.4) is 0 Å². The van der Waals surface area contributed by atoms with E-state index in [-0.39, 0.29) is 11.8 Å². The molecule has 0 aliphatic heterocycles. The number of hydrogen-bond donors (Lipinski definition) is 2. The minimum atomic E-state index is -0.869. The Kier molecular flexibility index (Phi) is 8.66. The third-order valence-electron chi connectivity index (χ3n) is 4.72. The van der Waals surface area contributed by atoms with Crippen molar-refractivity contribution in [3.63, 3.8) is 0 Å². The molecule has 0 fully saturated rings. The second-order valence-corrected chi connectivity index (χ2v) is 8.74. The molecule has 1 atom stereocenters. The molecule has 3 rings (SSSR count). The fourth-order valence-corrected chi connectivity index (χ4v) is 3.92. The minimum Gasteiger partial charge on any atom is -0.454 e. The van der Waals surface area contributed by atoms with E-state index in [9.17, 15) is 14.4 Å². The van der Waals surface area contributed by atoms with Crippen molar-refractivity contribution in [3.05, 3.63) is 90.5 Å². The summed E-state index contributed by atoms with van der Waals surface area (Å²) in [6.07, 6.45) is 0. The Balaban J connectivity index is 1.57. The van der Waals surface area contributed by atoms with Gasteiger partial charge in [0.05, 0.1) is 5.69 Å². The highest BCUT2D eigenvalue weighted by molar-refractivity contribution is 7.99. The van der Waals surface area contributed by atoms with Gasteiger partial charge in [0, 0.05) is 15.4 Å². The van der Waals surface area contributed by atoms with Gasteiger partial charge in [-0.25, -0.2) is 4.79 Å². The van der Waals surface area contributed by atoms with Crippen LogP contribution in [-0.2, 0) is 14.3 Å². The summed E-state index contributed by atoms with van der Waals surface area (Å²) in [5.41, 5.74) is 1.08. The van der Waals surface area contributed by atoms with Crippen molar-refractivity contribution in [1.82, 2.24) is 5.32 Å². The van der Waals surface area contributed by atoms with E-state index < -0.39 is 24.5 Å². The van der Waals surface area contributed by atoms with Crippen LogP contribution < -0.4 is 10.6 Å². The molecule has 3 aromatic rings. The summed E-state index contributed by atoms with van der Waals surface area (Å²) in [6, 6.07) is 25.0. The number of anilines is 1. The minimum absolute atomic E-state index is 0.212. The van der Waals surface area contributed by atoms with E-state index in [4.69, 9.17) is 4.74 Å². The summed E-state index contributed by atoms with van der Waals surface area (Å²) >= 11 is 1.52. The molecule has 170 valence electrons. The van der Waals surface area contributed by atoms with Crippen molar-refractivity contribution < 1.29 is 19.1 Å². The number of para-hydroxylation sites is 1. The Labute approximate surface area is 197 Å². The lowest BCUT2D eigenvalue weighted by Crippen LogP contribution is -2.45. The average Bonchev–Trinajstić information content (AvgIpc) is 2.83. The SMILES string of the molecule is CC(C)[C@H](NC(=O)c1ccccc1)C(=O)OCC(=O)Nc1ccccc1Sc1ccccc1. The highest BCUT2D eigenvalue weighted by Crippen LogP contribution is 2.33. The summed E-state index contributed by atoms with van der Waals surface area (Å²) in [7, 11) is 0. The van der Waals surface area contributed by atoms with Crippen molar-refractivity contribution >= 4 is 35.2 Å². The first-order valence-electron chi connectivity index (χ1n) is 10.6. The molecular weight excluding hydrogens is 436 g/mol. The molecule has 0 radical (unpaired) electrons. The highest BCUT2D eigenvalue weighted by Gasteiger charge is 2.26. The lowest BCUT2D eigenvalue weighted by Gasteiger charge is -2.21. The molecular formula is C26H26N2O4S. The van der Waals surface area contributed by atoms with Gasteiger partial charge in [0.15, 0.2) is 6.61 Å². The van der Waals surface area contributed by atoms with Crippen LogP contribution in [0.25, 0.3) is 0 Å². The normalized spacial score (nSPS) is 11.5. The van der Waals surface area contributed by atoms with Crippen molar-refractivity contribution in [3.8, 4) is 0 Å². The molecule has 6 nitrogen and oxygen atoms in total. The van der Waals surface area contributed by atoms with Gasteiger partial charge in [0.25, 0.3) is 11.8 Å². The van der Waals surface area contributed by atoms with Gasteiger partial charge >= 0.3 is 5.97 Å². The Hall–Kier alpha value is -3.58. The predicted octanol–water partition coefficient (Wildman–Crippen LogP) is 4.77. The Bertz CT molecular complexity index is 1090. The topological polar surface area (TPSA) is 84.5 Å². The van der Waals surface area contributed by atoms with Crippen LogP contribution in [-0.4, -0.2) is 30.4 Å². The molecule has 0 spiro atoms. The van der Waals surface area contributed by atoms with E-state index in [0.29, 0.717) is 11.3 Å². The molecule has 0 aromatic heterocycles. The van der Waals surface area contributed by atoms with E-state index in [1.807, 2.05) is 48.5 Å². The number of rotatable bonds is 9. The van der Waals surface area contributed by atoms with Crippen LogP contribution in [0.1, 0.15) is 24.2 Å². The molecule has 0 aliphatic rings. The first kappa shape index (κ1) is 24.1. The van der Waals surface area contributed by atoms with Crippen molar-refractivity contribution in [2.24, 2.45) is 5.92 Å². The van der Waals surface area contributed by atoms with Gasteiger partial charge < -0.3 is 15.4 Å². The van der Waals surface area contributed by atoms with Crippen LogP contribution >= 0.6 is 11.8 Å². The number of carbonyl (C=O) groups is 3.